The third-order valence-electron chi connectivity index (χ3n) is 4.54. The fourth-order valence-corrected chi connectivity index (χ4v) is 3.14. The molecule has 126 valence electrons. The van der Waals surface area contributed by atoms with Crippen LogP contribution in [-0.2, 0) is 0 Å². The van der Waals surface area contributed by atoms with Crippen LogP contribution in [0.4, 0.5) is 0 Å². The van der Waals surface area contributed by atoms with Crippen molar-refractivity contribution in [1.29, 1.82) is 0 Å². The summed E-state index contributed by atoms with van der Waals surface area (Å²) in [7, 11) is 0. The summed E-state index contributed by atoms with van der Waals surface area (Å²) in [5.74, 6) is 1.15. The number of piperidine rings is 1. The second-order valence-corrected chi connectivity index (χ2v) is 6.07. The first-order chi connectivity index (χ1) is 12.3. The van der Waals surface area contributed by atoms with Crippen LogP contribution in [0.15, 0.2) is 55.6 Å². The Balaban J connectivity index is 1.44. The van der Waals surface area contributed by atoms with E-state index in [1.165, 1.54) is 0 Å². The lowest BCUT2D eigenvalue weighted by atomic mass is 9.93. The van der Waals surface area contributed by atoms with Crippen molar-refractivity contribution in [3.8, 4) is 5.82 Å². The molecule has 0 bridgehead atoms. The molecule has 0 spiro atoms. The third-order valence-corrected chi connectivity index (χ3v) is 4.54. The Hall–Kier alpha value is -3.09. The molecular formula is C18H18N6O. The summed E-state index contributed by atoms with van der Waals surface area (Å²) in [6, 6.07) is 3.52. The van der Waals surface area contributed by atoms with Crippen LogP contribution in [0, 0.1) is 0 Å². The van der Waals surface area contributed by atoms with Gasteiger partial charge in [-0.25, -0.2) is 9.97 Å². The quantitative estimate of drug-likeness (QED) is 0.733. The monoisotopic (exact) mass is 334 g/mol. The highest BCUT2D eigenvalue weighted by Gasteiger charge is 2.25. The summed E-state index contributed by atoms with van der Waals surface area (Å²) in [6.45, 7) is 1.45. The van der Waals surface area contributed by atoms with Gasteiger partial charge in [0.05, 0.1) is 11.9 Å². The number of likely N-dealkylation sites (tertiary alicyclic amines) is 1. The smallest absolute Gasteiger partial charge is 0.253 e. The van der Waals surface area contributed by atoms with Crippen LogP contribution in [0.2, 0.25) is 0 Å². The highest BCUT2D eigenvalue weighted by molar-refractivity contribution is 5.94. The molecule has 1 fully saturated rings. The van der Waals surface area contributed by atoms with E-state index in [0.717, 1.165) is 37.4 Å². The highest BCUT2D eigenvalue weighted by atomic mass is 16.2. The van der Waals surface area contributed by atoms with E-state index in [0.29, 0.717) is 11.5 Å². The molecule has 0 aromatic carbocycles. The lowest BCUT2D eigenvalue weighted by Crippen LogP contribution is -2.38. The number of nitrogens with zero attached hydrogens (tertiary/aromatic N) is 6. The lowest BCUT2D eigenvalue weighted by molar-refractivity contribution is 0.0712. The first-order valence-electron chi connectivity index (χ1n) is 8.31. The summed E-state index contributed by atoms with van der Waals surface area (Å²) < 4.78 is 1.85. The molecule has 3 aromatic heterocycles. The van der Waals surface area contributed by atoms with Gasteiger partial charge in [-0.2, -0.15) is 0 Å². The molecule has 0 aliphatic carbocycles. The van der Waals surface area contributed by atoms with Crippen molar-refractivity contribution in [3.05, 3.63) is 66.9 Å². The standard InChI is InChI=1S/C18H18N6O/c25-18(15-1-5-19-6-2-15)23-8-3-14(4-9-23)16-11-21-12-17(22-16)24-10-7-20-13-24/h1-2,5-7,10-14H,3-4,8-9H2. The number of imidazole rings is 1. The number of carbonyl (C=O) groups is 1. The van der Waals surface area contributed by atoms with Gasteiger partial charge in [0.15, 0.2) is 5.82 Å². The minimum absolute atomic E-state index is 0.0686. The van der Waals surface area contributed by atoms with Gasteiger partial charge in [0, 0.05) is 55.6 Å². The Morgan fingerprint density at radius 3 is 2.52 bits per heavy atom. The molecule has 25 heavy (non-hydrogen) atoms. The van der Waals surface area contributed by atoms with Crippen molar-refractivity contribution in [2.24, 2.45) is 0 Å². The maximum atomic E-state index is 12.5. The van der Waals surface area contributed by atoms with Gasteiger partial charge in [-0.1, -0.05) is 0 Å². The normalized spacial score (nSPS) is 15.3. The summed E-state index contributed by atoms with van der Waals surface area (Å²) in [5, 5.41) is 0. The van der Waals surface area contributed by atoms with Crippen molar-refractivity contribution in [3.63, 3.8) is 0 Å². The first-order valence-corrected chi connectivity index (χ1v) is 8.31. The van der Waals surface area contributed by atoms with Gasteiger partial charge in [0.25, 0.3) is 5.91 Å². The molecule has 0 saturated carbocycles. The van der Waals surface area contributed by atoms with E-state index in [4.69, 9.17) is 4.98 Å². The fraction of sp³-hybridized carbons (Fsp3) is 0.278. The molecule has 4 rings (SSSR count). The number of amides is 1. The Labute approximate surface area is 145 Å². The van der Waals surface area contributed by atoms with Gasteiger partial charge in [0.2, 0.25) is 0 Å². The zero-order valence-electron chi connectivity index (χ0n) is 13.7. The number of rotatable bonds is 3. The average Bonchev–Trinajstić information content (AvgIpc) is 3.23. The molecule has 0 unspecified atom stereocenters. The Morgan fingerprint density at radius 1 is 1.00 bits per heavy atom. The number of pyridine rings is 1. The summed E-state index contributed by atoms with van der Waals surface area (Å²) in [4.78, 5) is 31.5. The van der Waals surface area contributed by atoms with Crippen LogP contribution >= 0.6 is 0 Å². The molecule has 0 N–H and O–H groups in total. The molecule has 1 aliphatic heterocycles. The molecule has 0 atom stereocenters. The van der Waals surface area contributed by atoms with Crippen LogP contribution in [0.25, 0.3) is 5.82 Å². The second-order valence-electron chi connectivity index (χ2n) is 6.07. The van der Waals surface area contributed by atoms with Crippen LogP contribution in [0.1, 0.15) is 34.8 Å². The van der Waals surface area contributed by atoms with E-state index in [-0.39, 0.29) is 5.91 Å². The lowest BCUT2D eigenvalue weighted by Gasteiger charge is -2.31. The zero-order valence-corrected chi connectivity index (χ0v) is 13.7. The van der Waals surface area contributed by atoms with E-state index in [1.54, 1.807) is 43.2 Å². The topological polar surface area (TPSA) is 76.8 Å². The van der Waals surface area contributed by atoms with Crippen molar-refractivity contribution < 1.29 is 4.79 Å². The van der Waals surface area contributed by atoms with Crippen molar-refractivity contribution in [2.75, 3.05) is 13.1 Å². The van der Waals surface area contributed by atoms with E-state index >= 15 is 0 Å². The Morgan fingerprint density at radius 2 is 1.80 bits per heavy atom. The fourth-order valence-electron chi connectivity index (χ4n) is 3.14. The van der Waals surface area contributed by atoms with Gasteiger partial charge in [-0.15, -0.1) is 0 Å². The minimum Gasteiger partial charge on any atom is -0.339 e. The van der Waals surface area contributed by atoms with E-state index in [9.17, 15) is 4.79 Å². The van der Waals surface area contributed by atoms with Gasteiger partial charge in [0.1, 0.15) is 6.33 Å². The van der Waals surface area contributed by atoms with Crippen molar-refractivity contribution in [2.45, 2.75) is 18.8 Å². The van der Waals surface area contributed by atoms with E-state index in [1.807, 2.05) is 21.9 Å². The molecule has 1 aliphatic rings. The van der Waals surface area contributed by atoms with Crippen molar-refractivity contribution >= 4 is 5.91 Å². The van der Waals surface area contributed by atoms with Crippen LogP contribution < -0.4 is 0 Å². The predicted molar refractivity (Wildman–Crippen MR) is 91.3 cm³/mol. The van der Waals surface area contributed by atoms with Crippen molar-refractivity contribution in [1.82, 2.24) is 29.4 Å². The molecule has 4 heterocycles. The number of carbonyl (C=O) groups excluding carboxylic acids is 1. The SMILES string of the molecule is O=C(c1ccncc1)N1CCC(c2cncc(-n3ccnc3)n2)CC1. The largest absolute Gasteiger partial charge is 0.339 e. The molecule has 1 saturated heterocycles. The maximum absolute atomic E-state index is 12.5. The van der Waals surface area contributed by atoms with Crippen LogP contribution in [0.5, 0.6) is 0 Å². The van der Waals surface area contributed by atoms with Gasteiger partial charge < -0.3 is 4.90 Å². The average molecular weight is 334 g/mol. The molecule has 7 nitrogen and oxygen atoms in total. The summed E-state index contributed by atoms with van der Waals surface area (Å²) in [6.07, 6.45) is 13.9. The summed E-state index contributed by atoms with van der Waals surface area (Å²) >= 11 is 0. The zero-order chi connectivity index (χ0) is 17.1. The highest BCUT2D eigenvalue weighted by Crippen LogP contribution is 2.27. The number of hydrogen-bond donors (Lipinski definition) is 0. The number of aromatic nitrogens is 5. The number of hydrogen-bond acceptors (Lipinski definition) is 5. The van der Waals surface area contributed by atoms with Gasteiger partial charge in [-0.05, 0) is 25.0 Å². The van der Waals surface area contributed by atoms with E-state index < -0.39 is 0 Å². The summed E-state index contributed by atoms with van der Waals surface area (Å²) in [5.41, 5.74) is 1.66. The predicted octanol–water partition coefficient (Wildman–Crippen LogP) is 2.08. The van der Waals surface area contributed by atoms with Crippen LogP contribution in [-0.4, -0.2) is 48.4 Å². The Kier molecular flexibility index (Phi) is 4.20. The molecule has 7 heteroatoms. The molecule has 3 aromatic rings. The van der Waals surface area contributed by atoms with Gasteiger partial charge >= 0.3 is 0 Å². The van der Waals surface area contributed by atoms with E-state index in [2.05, 4.69) is 15.0 Å². The first kappa shape index (κ1) is 15.4. The Bertz CT molecular complexity index is 841. The minimum atomic E-state index is 0.0686. The van der Waals surface area contributed by atoms with Crippen LogP contribution in [0.3, 0.4) is 0 Å². The van der Waals surface area contributed by atoms with Gasteiger partial charge in [-0.3, -0.25) is 19.3 Å². The third kappa shape index (κ3) is 3.26. The second kappa shape index (κ2) is 6.80. The molecule has 0 radical (unpaired) electrons. The maximum Gasteiger partial charge on any atom is 0.253 e. The molecular weight excluding hydrogens is 316 g/mol. The molecule has 1 amide bonds.